The lowest BCUT2D eigenvalue weighted by atomic mass is 10.1. The van der Waals surface area contributed by atoms with Gasteiger partial charge < -0.3 is 5.32 Å². The second kappa shape index (κ2) is 7.63. The Morgan fingerprint density at radius 1 is 1.03 bits per heavy atom. The Balaban J connectivity index is 1.77. The van der Waals surface area contributed by atoms with E-state index in [1.54, 1.807) is 42.1 Å². The summed E-state index contributed by atoms with van der Waals surface area (Å²) in [5.41, 5.74) is 3.82. The number of aryl methyl sites for hydroxylation is 2. The van der Waals surface area contributed by atoms with Gasteiger partial charge in [-0.15, -0.1) is 5.10 Å². The third-order valence-electron chi connectivity index (χ3n) is 4.50. The van der Waals surface area contributed by atoms with Gasteiger partial charge in [0, 0.05) is 11.9 Å². The molecule has 0 unspecified atom stereocenters. The molecular formula is C22H18FN5O. The van der Waals surface area contributed by atoms with Crippen LogP contribution in [0.3, 0.4) is 0 Å². The zero-order valence-corrected chi connectivity index (χ0v) is 15.9. The Hall–Kier alpha value is -3.87. The maximum atomic E-state index is 13.8. The molecule has 0 radical (unpaired) electrons. The molecule has 0 bridgehead atoms. The minimum atomic E-state index is -0.493. The van der Waals surface area contributed by atoms with Crippen molar-refractivity contribution in [3.63, 3.8) is 0 Å². The number of carbonyl (C=O) groups excluding carboxylic acids is 1. The number of nitrogens with zero attached hydrogens (tertiary/aromatic N) is 4. The number of anilines is 1. The number of carbonyl (C=O) groups is 1. The molecule has 144 valence electrons. The van der Waals surface area contributed by atoms with Gasteiger partial charge in [-0.1, -0.05) is 35.0 Å². The normalized spacial score (nSPS) is 10.7. The van der Waals surface area contributed by atoms with E-state index in [2.05, 4.69) is 20.6 Å². The first kappa shape index (κ1) is 18.5. The van der Waals surface area contributed by atoms with Crippen LogP contribution in [0, 0.1) is 19.7 Å². The molecule has 0 spiro atoms. The third kappa shape index (κ3) is 3.75. The summed E-state index contributed by atoms with van der Waals surface area (Å²) in [7, 11) is 0. The number of rotatable bonds is 4. The van der Waals surface area contributed by atoms with Crippen LogP contribution in [0.4, 0.5) is 10.1 Å². The third-order valence-corrected chi connectivity index (χ3v) is 4.50. The number of aromatic nitrogens is 4. The van der Waals surface area contributed by atoms with Gasteiger partial charge in [0.2, 0.25) is 0 Å². The molecule has 7 heteroatoms. The summed E-state index contributed by atoms with van der Waals surface area (Å²) in [6, 6.07) is 17.6. The molecule has 0 aliphatic heterocycles. The molecule has 4 aromatic rings. The fraction of sp³-hybridized carbons (Fsp3) is 0.0909. The van der Waals surface area contributed by atoms with Crippen molar-refractivity contribution in [1.82, 2.24) is 20.0 Å². The maximum Gasteiger partial charge on any atom is 0.278 e. The molecule has 2 aromatic heterocycles. The van der Waals surface area contributed by atoms with Crippen LogP contribution in [0.2, 0.25) is 0 Å². The molecule has 0 aliphatic rings. The minimum absolute atomic E-state index is 0.102. The van der Waals surface area contributed by atoms with Crippen LogP contribution in [0.25, 0.3) is 17.1 Å². The average Bonchev–Trinajstić information content (AvgIpc) is 3.17. The van der Waals surface area contributed by atoms with Gasteiger partial charge in [0.25, 0.3) is 5.91 Å². The van der Waals surface area contributed by atoms with E-state index in [1.165, 1.54) is 6.07 Å². The van der Waals surface area contributed by atoms with Gasteiger partial charge in [-0.05, 0) is 55.8 Å². The van der Waals surface area contributed by atoms with Crippen molar-refractivity contribution in [3.8, 4) is 17.1 Å². The van der Waals surface area contributed by atoms with Gasteiger partial charge in [0.1, 0.15) is 11.5 Å². The van der Waals surface area contributed by atoms with Gasteiger partial charge >= 0.3 is 0 Å². The highest BCUT2D eigenvalue weighted by molar-refractivity contribution is 6.06. The van der Waals surface area contributed by atoms with E-state index < -0.39 is 11.7 Å². The van der Waals surface area contributed by atoms with E-state index in [1.807, 2.05) is 37.3 Å². The lowest BCUT2D eigenvalue weighted by Crippen LogP contribution is -2.14. The van der Waals surface area contributed by atoms with E-state index in [9.17, 15) is 9.18 Å². The highest BCUT2D eigenvalue weighted by Crippen LogP contribution is 2.25. The molecule has 0 aliphatic carbocycles. The summed E-state index contributed by atoms with van der Waals surface area (Å²) in [6.45, 7) is 3.65. The van der Waals surface area contributed by atoms with E-state index >= 15 is 0 Å². The smallest absolute Gasteiger partial charge is 0.278 e. The van der Waals surface area contributed by atoms with Gasteiger partial charge in [0.15, 0.2) is 5.69 Å². The maximum absolute atomic E-state index is 13.8. The predicted molar refractivity (Wildman–Crippen MR) is 108 cm³/mol. The highest BCUT2D eigenvalue weighted by Gasteiger charge is 2.23. The molecule has 4 rings (SSSR count). The van der Waals surface area contributed by atoms with E-state index in [0.29, 0.717) is 22.6 Å². The summed E-state index contributed by atoms with van der Waals surface area (Å²) < 4.78 is 15.4. The zero-order chi connectivity index (χ0) is 20.4. The Bertz CT molecular complexity index is 1170. The highest BCUT2D eigenvalue weighted by atomic mass is 19.1. The fourth-order valence-corrected chi connectivity index (χ4v) is 2.90. The second-order valence-electron chi connectivity index (χ2n) is 6.67. The molecule has 6 nitrogen and oxygen atoms in total. The second-order valence-corrected chi connectivity index (χ2v) is 6.67. The molecule has 29 heavy (non-hydrogen) atoms. The Kier molecular flexibility index (Phi) is 4.87. The van der Waals surface area contributed by atoms with Crippen molar-refractivity contribution in [1.29, 1.82) is 0 Å². The van der Waals surface area contributed by atoms with Crippen molar-refractivity contribution < 1.29 is 9.18 Å². The standard InChI is InChI=1S/C22H18FN5O/c1-14-6-10-17(11-7-14)28-21(19-5-3-4-12-24-19)20(26-27-28)22(29)25-16-9-8-15(2)18(23)13-16/h3-13H,1-2H3,(H,25,29). The van der Waals surface area contributed by atoms with Crippen LogP contribution in [-0.2, 0) is 0 Å². The number of pyridine rings is 1. The summed E-state index contributed by atoms with van der Waals surface area (Å²) in [4.78, 5) is 17.3. The molecule has 2 aromatic carbocycles. The minimum Gasteiger partial charge on any atom is -0.320 e. The van der Waals surface area contributed by atoms with Crippen molar-refractivity contribution in [3.05, 3.63) is 89.5 Å². The topological polar surface area (TPSA) is 72.7 Å². The number of benzene rings is 2. The molecule has 0 fully saturated rings. The average molecular weight is 387 g/mol. The van der Waals surface area contributed by atoms with Crippen LogP contribution in [0.1, 0.15) is 21.6 Å². The molecular weight excluding hydrogens is 369 g/mol. The summed E-state index contributed by atoms with van der Waals surface area (Å²) >= 11 is 0. The van der Waals surface area contributed by atoms with E-state index in [-0.39, 0.29) is 5.69 Å². The first-order valence-corrected chi connectivity index (χ1v) is 9.04. The number of halogens is 1. The van der Waals surface area contributed by atoms with Gasteiger partial charge in [-0.2, -0.15) is 0 Å². The number of amides is 1. The number of hydrogen-bond acceptors (Lipinski definition) is 4. The van der Waals surface area contributed by atoms with Crippen LogP contribution >= 0.6 is 0 Å². The van der Waals surface area contributed by atoms with Crippen LogP contribution < -0.4 is 5.32 Å². The van der Waals surface area contributed by atoms with E-state index in [4.69, 9.17) is 0 Å². The van der Waals surface area contributed by atoms with Crippen molar-refractivity contribution >= 4 is 11.6 Å². The van der Waals surface area contributed by atoms with Crippen molar-refractivity contribution in [2.75, 3.05) is 5.32 Å². The van der Waals surface area contributed by atoms with Crippen LogP contribution in [-0.4, -0.2) is 25.9 Å². The first-order valence-electron chi connectivity index (χ1n) is 9.04. The Morgan fingerprint density at radius 3 is 2.52 bits per heavy atom. The molecule has 1 N–H and O–H groups in total. The fourth-order valence-electron chi connectivity index (χ4n) is 2.90. The van der Waals surface area contributed by atoms with Gasteiger partial charge in [-0.3, -0.25) is 9.78 Å². The first-order chi connectivity index (χ1) is 14.0. The monoisotopic (exact) mass is 387 g/mol. The molecule has 0 saturated carbocycles. The van der Waals surface area contributed by atoms with Gasteiger partial charge in [0.05, 0.1) is 11.4 Å². The Morgan fingerprint density at radius 2 is 1.83 bits per heavy atom. The van der Waals surface area contributed by atoms with Crippen LogP contribution in [0.15, 0.2) is 66.9 Å². The molecule has 0 atom stereocenters. The van der Waals surface area contributed by atoms with Crippen molar-refractivity contribution in [2.24, 2.45) is 0 Å². The van der Waals surface area contributed by atoms with Gasteiger partial charge in [-0.25, -0.2) is 9.07 Å². The quantitative estimate of drug-likeness (QED) is 0.565. The molecule has 0 saturated heterocycles. The lowest BCUT2D eigenvalue weighted by Gasteiger charge is -2.09. The zero-order valence-electron chi connectivity index (χ0n) is 15.9. The SMILES string of the molecule is Cc1ccc(-n2nnc(C(=O)Nc3ccc(C)c(F)c3)c2-c2ccccn2)cc1. The van der Waals surface area contributed by atoms with Crippen LogP contribution in [0.5, 0.6) is 0 Å². The largest absolute Gasteiger partial charge is 0.320 e. The number of hydrogen-bond donors (Lipinski definition) is 1. The summed E-state index contributed by atoms with van der Waals surface area (Å²) in [5, 5.41) is 11.0. The number of nitrogens with one attached hydrogen (secondary N) is 1. The summed E-state index contributed by atoms with van der Waals surface area (Å²) in [6.07, 6.45) is 1.64. The molecule has 2 heterocycles. The van der Waals surface area contributed by atoms with Crippen molar-refractivity contribution in [2.45, 2.75) is 13.8 Å². The van der Waals surface area contributed by atoms with E-state index in [0.717, 1.165) is 11.3 Å². The predicted octanol–water partition coefficient (Wildman–Crippen LogP) is 4.34. The summed E-state index contributed by atoms with van der Waals surface area (Å²) in [5.74, 6) is -0.886. The molecule has 1 amide bonds. The Labute approximate surface area is 167 Å². The lowest BCUT2D eigenvalue weighted by molar-refractivity contribution is 0.102.